The molecule has 0 aromatic heterocycles. The van der Waals surface area contributed by atoms with E-state index in [4.69, 9.17) is 30.5 Å². The fourth-order valence-corrected chi connectivity index (χ4v) is 4.01. The van der Waals surface area contributed by atoms with Crippen molar-refractivity contribution in [3.63, 3.8) is 0 Å². The molecule has 0 aliphatic carbocycles. The molecule has 1 amide bonds. The number of carbonyl (C=O) groups is 1. The summed E-state index contributed by atoms with van der Waals surface area (Å²) in [7, 11) is 4.59. The quantitative estimate of drug-likeness (QED) is 0.431. The van der Waals surface area contributed by atoms with Crippen LogP contribution in [0, 0.1) is 5.82 Å². The number of ether oxygens (including phenoxy) is 4. The van der Waals surface area contributed by atoms with Crippen LogP contribution in [0.4, 0.5) is 4.39 Å². The van der Waals surface area contributed by atoms with E-state index in [1.54, 1.807) is 53.4 Å². The van der Waals surface area contributed by atoms with Gasteiger partial charge >= 0.3 is 0 Å². The molecule has 1 aliphatic rings. The number of β-lactam (4-membered cyclic amide) rings is 1. The number of likely N-dealkylation sites (tertiary alicyclic amines) is 1. The number of hydrogen-bond acceptors (Lipinski definition) is 5. The van der Waals surface area contributed by atoms with E-state index in [1.165, 1.54) is 33.5 Å². The molecule has 0 saturated carbocycles. The lowest BCUT2D eigenvalue weighted by Crippen LogP contribution is -2.60. The van der Waals surface area contributed by atoms with Gasteiger partial charge in [-0.15, -0.1) is 0 Å². The van der Waals surface area contributed by atoms with Crippen LogP contribution < -0.4 is 18.9 Å². The molecule has 172 valence electrons. The monoisotopic (exact) mass is 471 g/mol. The van der Waals surface area contributed by atoms with Crippen LogP contribution in [0.3, 0.4) is 0 Å². The fourth-order valence-electron chi connectivity index (χ4n) is 3.88. The Hall–Kier alpha value is -3.45. The third kappa shape index (κ3) is 4.54. The summed E-state index contributed by atoms with van der Waals surface area (Å²) in [4.78, 5) is 14.8. The average molecular weight is 472 g/mol. The number of benzene rings is 3. The first-order valence-electron chi connectivity index (χ1n) is 10.2. The number of hydrogen-bond donors (Lipinski definition) is 0. The summed E-state index contributed by atoms with van der Waals surface area (Å²) in [5.74, 6) is 1.40. The fraction of sp³-hybridized carbons (Fsp3) is 0.240. The summed E-state index contributed by atoms with van der Waals surface area (Å²) in [6.07, 6.45) is -0.769. The zero-order valence-corrected chi connectivity index (χ0v) is 19.1. The molecule has 3 aromatic rings. The van der Waals surface area contributed by atoms with E-state index in [1.807, 2.05) is 0 Å². The van der Waals surface area contributed by atoms with Crippen molar-refractivity contribution >= 4 is 17.5 Å². The highest BCUT2D eigenvalue weighted by Gasteiger charge is 2.50. The summed E-state index contributed by atoms with van der Waals surface area (Å²) in [6, 6.07) is 16.0. The Morgan fingerprint density at radius 3 is 2.06 bits per heavy atom. The first-order valence-corrected chi connectivity index (χ1v) is 10.6. The smallest absolute Gasteiger partial charge is 0.267 e. The highest BCUT2D eigenvalue weighted by Crippen LogP contribution is 2.45. The Morgan fingerprint density at radius 2 is 1.52 bits per heavy atom. The maximum Gasteiger partial charge on any atom is 0.267 e. The van der Waals surface area contributed by atoms with Gasteiger partial charge in [-0.2, -0.15) is 0 Å². The van der Waals surface area contributed by atoms with Crippen molar-refractivity contribution in [1.29, 1.82) is 0 Å². The molecule has 6 nitrogen and oxygen atoms in total. The molecule has 1 heterocycles. The molecular weight excluding hydrogens is 449 g/mol. The molecule has 8 heteroatoms. The van der Waals surface area contributed by atoms with Gasteiger partial charge in [-0.05, 0) is 59.7 Å². The second kappa shape index (κ2) is 9.58. The molecule has 0 bridgehead atoms. The van der Waals surface area contributed by atoms with E-state index in [2.05, 4.69) is 0 Å². The van der Waals surface area contributed by atoms with E-state index in [0.717, 1.165) is 11.1 Å². The molecule has 2 atom stereocenters. The number of nitrogens with zero attached hydrogens (tertiary/aromatic N) is 1. The van der Waals surface area contributed by atoms with Gasteiger partial charge in [-0.3, -0.25) is 4.79 Å². The van der Waals surface area contributed by atoms with Crippen LogP contribution in [0.25, 0.3) is 0 Å². The van der Waals surface area contributed by atoms with Crippen LogP contribution in [0.15, 0.2) is 60.7 Å². The second-order valence-corrected chi connectivity index (χ2v) is 7.92. The van der Waals surface area contributed by atoms with Gasteiger partial charge in [0.2, 0.25) is 11.9 Å². The minimum Gasteiger partial charge on any atom is -0.493 e. The molecule has 1 saturated heterocycles. The molecule has 33 heavy (non-hydrogen) atoms. The molecule has 0 unspecified atom stereocenters. The van der Waals surface area contributed by atoms with Gasteiger partial charge in [0.15, 0.2) is 11.5 Å². The third-order valence-corrected chi connectivity index (χ3v) is 5.77. The number of rotatable bonds is 8. The van der Waals surface area contributed by atoms with Crippen molar-refractivity contribution in [1.82, 2.24) is 4.90 Å². The van der Waals surface area contributed by atoms with E-state index in [0.29, 0.717) is 34.6 Å². The lowest BCUT2D eigenvalue weighted by atomic mass is 9.89. The Morgan fingerprint density at radius 1 is 0.909 bits per heavy atom. The normalized spacial score (nSPS) is 17.4. The Kier molecular flexibility index (Phi) is 6.60. The predicted octanol–water partition coefficient (Wildman–Crippen LogP) is 5.04. The predicted molar refractivity (Wildman–Crippen MR) is 122 cm³/mol. The van der Waals surface area contributed by atoms with Gasteiger partial charge in [-0.1, -0.05) is 23.7 Å². The summed E-state index contributed by atoms with van der Waals surface area (Å²) in [5, 5.41) is 0.571. The summed E-state index contributed by atoms with van der Waals surface area (Å²) in [5.41, 5.74) is 1.55. The highest BCUT2D eigenvalue weighted by molar-refractivity contribution is 6.30. The summed E-state index contributed by atoms with van der Waals surface area (Å²) in [6.45, 7) is 0.293. The van der Waals surface area contributed by atoms with E-state index < -0.39 is 12.1 Å². The van der Waals surface area contributed by atoms with Gasteiger partial charge in [0.05, 0.1) is 21.3 Å². The van der Waals surface area contributed by atoms with Crippen molar-refractivity contribution in [2.45, 2.75) is 18.7 Å². The van der Waals surface area contributed by atoms with Crippen molar-refractivity contribution in [2.75, 3.05) is 21.3 Å². The number of halogens is 2. The van der Waals surface area contributed by atoms with Crippen LogP contribution in [-0.4, -0.2) is 38.2 Å². The van der Waals surface area contributed by atoms with Crippen molar-refractivity contribution < 1.29 is 28.1 Å². The molecule has 4 rings (SSSR count). The first-order chi connectivity index (χ1) is 15.9. The summed E-state index contributed by atoms with van der Waals surface area (Å²) >= 11 is 5.97. The van der Waals surface area contributed by atoms with Gasteiger partial charge in [-0.25, -0.2) is 4.39 Å². The number of amides is 1. The number of methoxy groups -OCH3 is 3. The van der Waals surface area contributed by atoms with Gasteiger partial charge in [0, 0.05) is 11.6 Å². The zero-order chi connectivity index (χ0) is 23.5. The van der Waals surface area contributed by atoms with Crippen LogP contribution in [0.5, 0.6) is 23.0 Å². The lowest BCUT2D eigenvalue weighted by Gasteiger charge is -2.47. The number of carbonyl (C=O) groups excluding carboxylic acids is 1. The average Bonchev–Trinajstić information content (AvgIpc) is 2.84. The zero-order valence-electron chi connectivity index (χ0n) is 18.4. The van der Waals surface area contributed by atoms with E-state index in [-0.39, 0.29) is 11.7 Å². The second-order valence-electron chi connectivity index (χ2n) is 7.49. The van der Waals surface area contributed by atoms with Crippen molar-refractivity contribution in [3.8, 4) is 23.0 Å². The molecular formula is C25H23ClFNO5. The van der Waals surface area contributed by atoms with E-state index >= 15 is 0 Å². The Labute approximate surface area is 196 Å². The molecule has 0 spiro atoms. The van der Waals surface area contributed by atoms with Gasteiger partial charge < -0.3 is 23.8 Å². The van der Waals surface area contributed by atoms with E-state index in [9.17, 15) is 9.18 Å². The van der Waals surface area contributed by atoms with Gasteiger partial charge in [0.25, 0.3) is 5.91 Å². The minimum atomic E-state index is -0.769. The van der Waals surface area contributed by atoms with Gasteiger partial charge in [0.1, 0.15) is 17.6 Å². The first kappa shape index (κ1) is 22.7. The summed E-state index contributed by atoms with van der Waals surface area (Å²) < 4.78 is 35.8. The largest absolute Gasteiger partial charge is 0.493 e. The standard InChI is InChI=1S/C25H23ClFNO5/c1-30-20-12-16(13-21(31-2)23(20)32-3)22-24(33-19-10-6-17(26)7-11-19)25(29)28(22)14-15-4-8-18(27)9-5-15/h4-13,22,24H,14H2,1-3H3/t22-,24+/m0/s1. The van der Waals surface area contributed by atoms with Crippen molar-refractivity contribution in [2.24, 2.45) is 0 Å². The lowest BCUT2D eigenvalue weighted by molar-refractivity contribution is -0.165. The maximum absolute atomic E-state index is 13.4. The van der Waals surface area contributed by atoms with Crippen LogP contribution in [-0.2, 0) is 11.3 Å². The van der Waals surface area contributed by atoms with Crippen LogP contribution in [0.1, 0.15) is 17.2 Å². The minimum absolute atomic E-state index is 0.187. The molecule has 1 aliphatic heterocycles. The Bertz CT molecular complexity index is 1050. The maximum atomic E-state index is 13.4. The Balaban J connectivity index is 1.71. The molecule has 0 N–H and O–H groups in total. The molecule has 0 radical (unpaired) electrons. The van der Waals surface area contributed by atoms with Crippen LogP contribution >= 0.6 is 11.6 Å². The molecule has 3 aromatic carbocycles. The molecule has 1 fully saturated rings. The topological polar surface area (TPSA) is 57.2 Å². The van der Waals surface area contributed by atoms with Crippen molar-refractivity contribution in [3.05, 3.63) is 82.6 Å². The third-order valence-electron chi connectivity index (χ3n) is 5.52. The SMILES string of the molecule is COc1cc([C@H]2[C@@H](Oc3ccc(Cl)cc3)C(=O)N2Cc2ccc(F)cc2)cc(OC)c1OC. The highest BCUT2D eigenvalue weighted by atomic mass is 35.5. The van der Waals surface area contributed by atoms with Crippen LogP contribution in [0.2, 0.25) is 5.02 Å².